The molecule has 42 heavy (non-hydrogen) atoms. The van der Waals surface area contributed by atoms with Crippen molar-refractivity contribution in [2.45, 2.75) is 64.9 Å². The van der Waals surface area contributed by atoms with Crippen LogP contribution >= 0.6 is 11.8 Å². The molecule has 0 spiro atoms. The molecule has 14 nitrogen and oxygen atoms in total. The van der Waals surface area contributed by atoms with E-state index in [-0.39, 0.29) is 29.9 Å². The van der Waals surface area contributed by atoms with Crippen LogP contribution in [0.15, 0.2) is 6.20 Å². The summed E-state index contributed by atoms with van der Waals surface area (Å²) in [6, 6.07) is -0.753. The monoisotopic (exact) mass is 619 g/mol. The number of aromatic nitrogens is 3. The molecule has 1 amide bonds. The Bertz CT molecular complexity index is 898. The minimum absolute atomic E-state index is 0.0866. The standard InChI is InChI=1S/C27H49N5O9S/c1-21(33)23(28)20-42-24(17-25(34)35)26(36)29-18-22-19-32(31-30-22)6-8-38-10-12-40-14-16-41-15-13-39-11-9-37-7-5-27(2,3)4/h19,23-24H,5-18,20,28H2,1-4H3,(H,29,36)(H,34,35). The Morgan fingerprint density at radius 3 is 1.98 bits per heavy atom. The Kier molecular flexibility index (Phi) is 20.2. The highest BCUT2D eigenvalue weighted by molar-refractivity contribution is 8.00. The van der Waals surface area contributed by atoms with Gasteiger partial charge in [-0.3, -0.25) is 14.4 Å². The maximum absolute atomic E-state index is 12.5. The summed E-state index contributed by atoms with van der Waals surface area (Å²) in [5.74, 6) is -1.66. The number of nitrogens with zero attached hydrogens (tertiary/aromatic N) is 3. The third-order valence-electron chi connectivity index (χ3n) is 5.63. The lowest BCUT2D eigenvalue weighted by molar-refractivity contribution is -0.138. The van der Waals surface area contributed by atoms with Crippen LogP contribution in [0.4, 0.5) is 0 Å². The Labute approximate surface area is 252 Å². The largest absolute Gasteiger partial charge is 0.481 e. The van der Waals surface area contributed by atoms with Crippen molar-refractivity contribution >= 4 is 29.4 Å². The minimum Gasteiger partial charge on any atom is -0.481 e. The van der Waals surface area contributed by atoms with Gasteiger partial charge < -0.3 is 39.8 Å². The number of hydrogen-bond donors (Lipinski definition) is 3. The topological polar surface area (TPSA) is 186 Å². The first-order chi connectivity index (χ1) is 20.0. The number of carbonyl (C=O) groups excluding carboxylic acids is 2. The van der Waals surface area contributed by atoms with Crippen molar-refractivity contribution in [1.29, 1.82) is 0 Å². The second-order valence-electron chi connectivity index (χ2n) is 10.7. The average Bonchev–Trinajstić information content (AvgIpc) is 3.38. The number of Topliss-reactive ketones (excluding diaryl/α,β-unsaturated/α-hetero) is 1. The van der Waals surface area contributed by atoms with Gasteiger partial charge >= 0.3 is 5.97 Å². The smallest absolute Gasteiger partial charge is 0.305 e. The van der Waals surface area contributed by atoms with E-state index >= 15 is 0 Å². The molecule has 242 valence electrons. The van der Waals surface area contributed by atoms with Gasteiger partial charge in [-0.25, -0.2) is 4.68 Å². The zero-order valence-corrected chi connectivity index (χ0v) is 26.2. The molecule has 4 N–H and O–H groups in total. The van der Waals surface area contributed by atoms with Crippen molar-refractivity contribution in [1.82, 2.24) is 20.3 Å². The third-order valence-corrected chi connectivity index (χ3v) is 6.97. The number of aliphatic carboxylic acids is 1. The Hall–Kier alpha value is -2.14. The van der Waals surface area contributed by atoms with Crippen LogP contribution in [-0.4, -0.2) is 121 Å². The van der Waals surface area contributed by atoms with Crippen LogP contribution in [0.1, 0.15) is 46.2 Å². The normalized spacial score (nSPS) is 13.2. The van der Waals surface area contributed by atoms with E-state index in [2.05, 4.69) is 36.4 Å². The molecule has 1 rings (SSSR count). The van der Waals surface area contributed by atoms with Crippen molar-refractivity contribution in [2.75, 3.05) is 71.8 Å². The lowest BCUT2D eigenvalue weighted by atomic mass is 9.93. The fraction of sp³-hybridized carbons (Fsp3) is 0.815. The number of carbonyl (C=O) groups is 3. The molecule has 0 aliphatic rings. The van der Waals surface area contributed by atoms with E-state index in [4.69, 9.17) is 34.5 Å². The van der Waals surface area contributed by atoms with Gasteiger partial charge in [-0.15, -0.1) is 16.9 Å². The number of hydrogen-bond acceptors (Lipinski definition) is 12. The molecule has 0 saturated carbocycles. The summed E-state index contributed by atoms with van der Waals surface area (Å²) in [4.78, 5) is 34.9. The molecule has 0 saturated heterocycles. The number of carboxylic acids is 1. The van der Waals surface area contributed by atoms with Gasteiger partial charge in [0.05, 0.1) is 96.5 Å². The van der Waals surface area contributed by atoms with Crippen molar-refractivity contribution in [3.63, 3.8) is 0 Å². The van der Waals surface area contributed by atoms with Crippen LogP contribution in [0.2, 0.25) is 0 Å². The van der Waals surface area contributed by atoms with Crippen LogP contribution in [0, 0.1) is 5.41 Å². The molecule has 0 aliphatic heterocycles. The number of nitrogens with two attached hydrogens (primary N) is 1. The number of ketones is 1. The van der Waals surface area contributed by atoms with Gasteiger partial charge in [-0.05, 0) is 18.8 Å². The summed E-state index contributed by atoms with van der Waals surface area (Å²) in [6.45, 7) is 13.6. The maximum atomic E-state index is 12.5. The third kappa shape index (κ3) is 20.7. The molecular weight excluding hydrogens is 570 g/mol. The van der Waals surface area contributed by atoms with Crippen LogP contribution in [-0.2, 0) is 51.2 Å². The van der Waals surface area contributed by atoms with Crippen LogP contribution < -0.4 is 11.1 Å². The average molecular weight is 620 g/mol. The molecule has 2 unspecified atom stereocenters. The van der Waals surface area contributed by atoms with Crippen LogP contribution in [0.5, 0.6) is 0 Å². The molecule has 1 heterocycles. The fourth-order valence-corrected chi connectivity index (χ4v) is 4.23. The highest BCUT2D eigenvalue weighted by Gasteiger charge is 2.24. The van der Waals surface area contributed by atoms with E-state index in [9.17, 15) is 14.4 Å². The van der Waals surface area contributed by atoms with Crippen molar-refractivity contribution in [3.05, 3.63) is 11.9 Å². The van der Waals surface area contributed by atoms with Crippen molar-refractivity contribution in [3.8, 4) is 0 Å². The number of ether oxygens (including phenoxy) is 5. The van der Waals surface area contributed by atoms with Gasteiger partial charge in [0.25, 0.3) is 0 Å². The number of carboxylic acid groups (broad SMARTS) is 1. The number of thioether (sulfide) groups is 1. The molecule has 2 atom stereocenters. The second-order valence-corrected chi connectivity index (χ2v) is 11.9. The summed E-state index contributed by atoms with van der Waals surface area (Å²) < 4.78 is 29.1. The highest BCUT2D eigenvalue weighted by Crippen LogP contribution is 2.18. The Balaban J connectivity index is 2.04. The zero-order valence-electron chi connectivity index (χ0n) is 25.4. The van der Waals surface area contributed by atoms with E-state index in [1.165, 1.54) is 6.92 Å². The molecular formula is C27H49N5O9S. The van der Waals surface area contributed by atoms with Crippen LogP contribution in [0.3, 0.4) is 0 Å². The fourth-order valence-electron chi connectivity index (χ4n) is 3.06. The molecule has 0 fully saturated rings. The van der Waals surface area contributed by atoms with Crippen molar-refractivity contribution < 1.29 is 43.2 Å². The van der Waals surface area contributed by atoms with E-state index < -0.39 is 23.2 Å². The molecule has 0 radical (unpaired) electrons. The number of nitrogens with one attached hydrogen (secondary N) is 1. The summed E-state index contributed by atoms with van der Waals surface area (Å²) in [7, 11) is 0. The Morgan fingerprint density at radius 1 is 0.952 bits per heavy atom. The van der Waals surface area contributed by atoms with Gasteiger partial charge in [0.2, 0.25) is 5.91 Å². The molecule has 1 aromatic rings. The SMILES string of the molecule is CC(=O)C(N)CSC(CC(=O)O)C(=O)NCc1cn(CCOCCOCCOCCOCCOCCC(C)(C)C)nn1. The second kappa shape index (κ2) is 22.4. The predicted molar refractivity (Wildman–Crippen MR) is 157 cm³/mol. The molecule has 1 aromatic heterocycles. The van der Waals surface area contributed by atoms with Crippen molar-refractivity contribution in [2.24, 2.45) is 11.1 Å². The van der Waals surface area contributed by atoms with E-state index in [0.29, 0.717) is 71.7 Å². The minimum atomic E-state index is -1.12. The highest BCUT2D eigenvalue weighted by atomic mass is 32.2. The zero-order chi connectivity index (χ0) is 31.2. The van der Waals surface area contributed by atoms with Crippen LogP contribution in [0.25, 0.3) is 0 Å². The summed E-state index contributed by atoms with van der Waals surface area (Å²) in [5, 5.41) is 18.9. The van der Waals surface area contributed by atoms with Gasteiger partial charge in [-0.2, -0.15) is 0 Å². The molecule has 0 bridgehead atoms. The Morgan fingerprint density at radius 2 is 1.48 bits per heavy atom. The summed E-state index contributed by atoms with van der Waals surface area (Å²) >= 11 is 1.04. The van der Waals surface area contributed by atoms with Gasteiger partial charge in [0.1, 0.15) is 11.5 Å². The molecule has 0 aromatic carbocycles. The van der Waals surface area contributed by atoms with Gasteiger partial charge in [0.15, 0.2) is 0 Å². The molecule has 0 aliphatic carbocycles. The first kappa shape index (κ1) is 37.9. The van der Waals surface area contributed by atoms with Gasteiger partial charge in [0, 0.05) is 12.4 Å². The number of rotatable bonds is 26. The lowest BCUT2D eigenvalue weighted by Gasteiger charge is -2.17. The summed E-state index contributed by atoms with van der Waals surface area (Å²) in [5.41, 5.74) is 6.49. The van der Waals surface area contributed by atoms with E-state index in [0.717, 1.165) is 24.8 Å². The van der Waals surface area contributed by atoms with E-state index in [1.54, 1.807) is 10.9 Å². The van der Waals surface area contributed by atoms with E-state index in [1.807, 2.05) is 0 Å². The predicted octanol–water partition coefficient (Wildman–Crippen LogP) is 0.906. The maximum Gasteiger partial charge on any atom is 0.305 e. The first-order valence-electron chi connectivity index (χ1n) is 14.1. The molecule has 15 heteroatoms. The lowest BCUT2D eigenvalue weighted by Crippen LogP contribution is -2.37. The number of amides is 1. The van der Waals surface area contributed by atoms with Gasteiger partial charge in [-0.1, -0.05) is 26.0 Å². The first-order valence-corrected chi connectivity index (χ1v) is 15.2. The quantitative estimate of drug-likeness (QED) is 0.124. The summed E-state index contributed by atoms with van der Waals surface area (Å²) in [6.07, 6.45) is 2.31.